The minimum atomic E-state index is -0.519. The van der Waals surface area contributed by atoms with Gasteiger partial charge in [-0.2, -0.15) is 4.98 Å². The van der Waals surface area contributed by atoms with Crippen molar-refractivity contribution in [1.29, 1.82) is 0 Å². The van der Waals surface area contributed by atoms with Crippen LogP contribution in [-0.4, -0.2) is 26.8 Å². The van der Waals surface area contributed by atoms with Gasteiger partial charge in [-0.1, -0.05) is 84.1 Å². The number of nitrogens with one attached hydrogen (secondary N) is 1. The number of anilines is 1. The molecule has 1 N–H and O–H groups in total. The Morgan fingerprint density at radius 1 is 1.00 bits per heavy atom. The van der Waals surface area contributed by atoms with Gasteiger partial charge < -0.3 is 14.8 Å². The molecule has 0 bridgehead atoms. The smallest absolute Gasteiger partial charge is 0.338 e. The first kappa shape index (κ1) is 26.6. The van der Waals surface area contributed by atoms with Gasteiger partial charge in [0.1, 0.15) is 18.4 Å². The molecule has 2 heterocycles. The lowest BCUT2D eigenvalue weighted by Crippen LogP contribution is -2.30. The molecule has 39 heavy (non-hydrogen) atoms. The Balaban J connectivity index is 1.46. The maximum Gasteiger partial charge on any atom is 0.338 e. The van der Waals surface area contributed by atoms with Gasteiger partial charge in [-0.05, 0) is 56.5 Å². The zero-order valence-electron chi connectivity index (χ0n) is 22.5. The third kappa shape index (κ3) is 6.34. The monoisotopic (exact) mass is 540 g/mol. The van der Waals surface area contributed by atoms with Crippen LogP contribution in [0.25, 0.3) is 0 Å². The Kier molecular flexibility index (Phi) is 8.02. The lowest BCUT2D eigenvalue weighted by molar-refractivity contribution is -0.143. The highest BCUT2D eigenvalue weighted by Gasteiger charge is 2.35. The summed E-state index contributed by atoms with van der Waals surface area (Å²) in [6.07, 6.45) is -0.253. The maximum absolute atomic E-state index is 13.3. The Hall–Kier alpha value is -4.04. The SMILES string of the molecule is CC1=C(C(=O)OC(C)C)C(c2cccc(OCc3ccc(C)cc3)c2)n2nc(SCc3ccccc3)nc2N1. The average molecular weight is 541 g/mol. The lowest BCUT2D eigenvalue weighted by Gasteiger charge is -2.28. The molecule has 1 aliphatic heterocycles. The highest BCUT2D eigenvalue weighted by atomic mass is 32.2. The van der Waals surface area contributed by atoms with Crippen LogP contribution in [0.15, 0.2) is 95.3 Å². The second-order valence-electron chi connectivity index (χ2n) is 9.80. The Morgan fingerprint density at radius 2 is 1.77 bits per heavy atom. The number of hydrogen-bond acceptors (Lipinski definition) is 7. The molecule has 0 amide bonds. The Labute approximate surface area is 233 Å². The minimum Gasteiger partial charge on any atom is -0.489 e. The van der Waals surface area contributed by atoms with E-state index in [2.05, 4.69) is 48.6 Å². The fourth-order valence-corrected chi connectivity index (χ4v) is 5.18. The molecule has 0 aliphatic carbocycles. The molecule has 1 aromatic heterocycles. The molecule has 0 radical (unpaired) electrons. The van der Waals surface area contributed by atoms with Crippen molar-refractivity contribution in [3.05, 3.63) is 112 Å². The molecule has 0 spiro atoms. The average Bonchev–Trinajstić information content (AvgIpc) is 3.33. The van der Waals surface area contributed by atoms with Crippen molar-refractivity contribution in [3.63, 3.8) is 0 Å². The summed E-state index contributed by atoms with van der Waals surface area (Å²) in [5.41, 5.74) is 5.53. The van der Waals surface area contributed by atoms with Gasteiger partial charge in [-0.3, -0.25) is 0 Å². The number of aromatic nitrogens is 3. The number of esters is 1. The number of nitrogens with zero attached hydrogens (tertiary/aromatic N) is 3. The summed E-state index contributed by atoms with van der Waals surface area (Å²) in [4.78, 5) is 18.1. The molecule has 200 valence electrons. The van der Waals surface area contributed by atoms with E-state index in [0.29, 0.717) is 34.7 Å². The van der Waals surface area contributed by atoms with Gasteiger partial charge in [0.15, 0.2) is 0 Å². The van der Waals surface area contributed by atoms with Crippen molar-refractivity contribution in [1.82, 2.24) is 14.8 Å². The van der Waals surface area contributed by atoms with E-state index in [4.69, 9.17) is 19.6 Å². The molecule has 8 heteroatoms. The van der Waals surface area contributed by atoms with Gasteiger partial charge >= 0.3 is 5.97 Å². The van der Waals surface area contributed by atoms with Gasteiger partial charge in [-0.25, -0.2) is 9.48 Å². The fraction of sp³-hybridized carbons (Fsp3) is 0.258. The van der Waals surface area contributed by atoms with E-state index in [1.54, 1.807) is 16.4 Å². The van der Waals surface area contributed by atoms with Crippen LogP contribution in [0.2, 0.25) is 0 Å². The predicted molar refractivity (Wildman–Crippen MR) is 154 cm³/mol. The number of hydrogen-bond donors (Lipinski definition) is 1. The van der Waals surface area contributed by atoms with Crippen LogP contribution in [0, 0.1) is 6.92 Å². The second kappa shape index (κ2) is 11.8. The third-order valence-corrected chi connectivity index (χ3v) is 7.22. The molecule has 0 saturated heterocycles. The topological polar surface area (TPSA) is 78.3 Å². The van der Waals surface area contributed by atoms with Gasteiger partial charge in [-0.15, -0.1) is 5.10 Å². The summed E-state index contributed by atoms with van der Waals surface area (Å²) >= 11 is 1.55. The van der Waals surface area contributed by atoms with Gasteiger partial charge in [0.2, 0.25) is 11.1 Å². The summed E-state index contributed by atoms with van der Waals surface area (Å²) in [5, 5.41) is 8.73. The van der Waals surface area contributed by atoms with Gasteiger partial charge in [0.05, 0.1) is 11.7 Å². The highest BCUT2D eigenvalue weighted by Crippen LogP contribution is 2.38. The van der Waals surface area contributed by atoms with E-state index < -0.39 is 6.04 Å². The molecular formula is C31H32N4O3S. The summed E-state index contributed by atoms with van der Waals surface area (Å²) in [5.74, 6) is 1.65. The van der Waals surface area contributed by atoms with Crippen molar-refractivity contribution in [2.24, 2.45) is 0 Å². The molecule has 1 aliphatic rings. The van der Waals surface area contributed by atoms with Crippen LogP contribution < -0.4 is 10.1 Å². The van der Waals surface area contributed by atoms with Crippen molar-refractivity contribution in [3.8, 4) is 5.75 Å². The second-order valence-corrected chi connectivity index (χ2v) is 10.7. The van der Waals surface area contributed by atoms with Gasteiger partial charge in [0, 0.05) is 11.4 Å². The van der Waals surface area contributed by atoms with Crippen LogP contribution in [-0.2, 0) is 21.9 Å². The highest BCUT2D eigenvalue weighted by molar-refractivity contribution is 7.98. The quantitative estimate of drug-likeness (QED) is 0.187. The summed E-state index contributed by atoms with van der Waals surface area (Å²) in [6.45, 7) is 8.07. The number of fused-ring (bicyclic) bond motifs is 1. The van der Waals surface area contributed by atoms with Crippen molar-refractivity contribution < 1.29 is 14.3 Å². The minimum absolute atomic E-state index is 0.253. The number of rotatable bonds is 9. The first-order valence-electron chi connectivity index (χ1n) is 13.0. The number of benzene rings is 3. The third-order valence-electron chi connectivity index (χ3n) is 6.31. The molecule has 4 aromatic rings. The van der Waals surface area contributed by atoms with Crippen LogP contribution in [0.4, 0.5) is 5.95 Å². The standard InChI is InChI=1S/C31H32N4O3S/c1-20(2)38-29(36)27-22(4)32-30-33-31(39-19-24-9-6-5-7-10-24)34-35(30)28(27)25-11-8-12-26(17-25)37-18-23-15-13-21(3)14-16-23/h5-17,20,28H,18-19H2,1-4H3,(H,32,33,34). The molecule has 5 rings (SSSR count). The van der Waals surface area contributed by atoms with Crippen molar-refractivity contribution >= 4 is 23.7 Å². The maximum atomic E-state index is 13.3. The number of aryl methyl sites for hydroxylation is 1. The van der Waals surface area contributed by atoms with Crippen LogP contribution >= 0.6 is 11.8 Å². The number of ether oxygens (including phenoxy) is 2. The Morgan fingerprint density at radius 3 is 2.51 bits per heavy atom. The molecule has 3 aromatic carbocycles. The number of carbonyl (C=O) groups is 1. The van der Waals surface area contributed by atoms with Crippen molar-refractivity contribution in [2.45, 2.75) is 57.4 Å². The van der Waals surface area contributed by atoms with Crippen LogP contribution in [0.5, 0.6) is 5.75 Å². The first-order chi connectivity index (χ1) is 18.9. The molecule has 1 unspecified atom stereocenters. The van der Waals surface area contributed by atoms with Crippen LogP contribution in [0.3, 0.4) is 0 Å². The predicted octanol–water partition coefficient (Wildman–Crippen LogP) is 6.70. The van der Waals surface area contributed by atoms with E-state index in [1.165, 1.54) is 11.1 Å². The van der Waals surface area contributed by atoms with E-state index in [1.807, 2.05) is 63.2 Å². The zero-order valence-corrected chi connectivity index (χ0v) is 23.4. The normalized spacial score (nSPS) is 14.6. The Bertz CT molecular complexity index is 1480. The summed E-state index contributed by atoms with van der Waals surface area (Å²) in [6, 6.07) is 25.8. The lowest BCUT2D eigenvalue weighted by atomic mass is 9.95. The van der Waals surface area contributed by atoms with E-state index in [9.17, 15) is 4.79 Å². The molecule has 1 atom stereocenters. The number of allylic oxidation sites excluding steroid dienone is 1. The van der Waals surface area contributed by atoms with Crippen molar-refractivity contribution in [2.75, 3.05) is 5.32 Å². The molecular weight excluding hydrogens is 508 g/mol. The van der Waals surface area contributed by atoms with E-state index in [0.717, 1.165) is 16.9 Å². The van der Waals surface area contributed by atoms with Crippen LogP contribution in [0.1, 0.15) is 49.1 Å². The van der Waals surface area contributed by atoms with E-state index >= 15 is 0 Å². The zero-order chi connectivity index (χ0) is 27.4. The fourth-order valence-electron chi connectivity index (χ4n) is 4.39. The molecule has 0 fully saturated rings. The largest absolute Gasteiger partial charge is 0.489 e. The first-order valence-corrected chi connectivity index (χ1v) is 14.0. The van der Waals surface area contributed by atoms with E-state index in [-0.39, 0.29) is 12.1 Å². The van der Waals surface area contributed by atoms with Gasteiger partial charge in [0.25, 0.3) is 0 Å². The molecule has 0 saturated carbocycles. The summed E-state index contributed by atoms with van der Waals surface area (Å²) in [7, 11) is 0. The molecule has 7 nitrogen and oxygen atoms in total. The summed E-state index contributed by atoms with van der Waals surface area (Å²) < 4.78 is 13.6. The number of thioether (sulfide) groups is 1. The number of carbonyl (C=O) groups excluding carboxylic acids is 1.